The summed E-state index contributed by atoms with van der Waals surface area (Å²) >= 11 is 1.45. The number of ether oxygens (including phenoxy) is 2. The van der Waals surface area contributed by atoms with Gasteiger partial charge in [-0.15, -0.1) is 11.8 Å². The average Bonchev–Trinajstić information content (AvgIpc) is 3.49. The molecule has 3 aromatic rings. The van der Waals surface area contributed by atoms with Crippen molar-refractivity contribution in [3.8, 4) is 0 Å². The second-order valence-electron chi connectivity index (χ2n) is 12.3. The first-order valence-corrected chi connectivity index (χ1v) is 17.1. The van der Waals surface area contributed by atoms with Crippen molar-refractivity contribution in [2.75, 3.05) is 5.75 Å². The number of carbonyl (C=O) groups is 5. The highest BCUT2D eigenvalue weighted by molar-refractivity contribution is 7.99. The number of benzene rings is 3. The normalized spacial score (nSPS) is 17.0. The quantitative estimate of drug-likeness (QED) is 0.132. The van der Waals surface area contributed by atoms with Gasteiger partial charge in [0.15, 0.2) is 0 Å². The predicted molar refractivity (Wildman–Crippen MR) is 183 cm³/mol. The minimum Gasteiger partial charge on any atom is -0.457 e. The SMILES string of the molecule is CC(C)C[C@H](NC(=O)OCc1ccccc1)C(=O)N1[C@@H](NC(=O)[C@@H](Cc2ccccc2)C(=O)C(=O)OC(C)C)CS[C@@H]1c1ccccc1. The number of hydrogen-bond donors (Lipinski definition) is 2. The zero-order valence-electron chi connectivity index (χ0n) is 27.7. The topological polar surface area (TPSA) is 131 Å². The number of Topliss-reactive ketones (excluding diaryl/α,β-unsaturated/α-hetero) is 1. The molecule has 1 fully saturated rings. The zero-order chi connectivity index (χ0) is 34.6. The molecule has 1 aliphatic rings. The van der Waals surface area contributed by atoms with Crippen molar-refractivity contribution in [2.45, 2.75) is 70.8 Å². The number of nitrogens with zero attached hydrogens (tertiary/aromatic N) is 1. The van der Waals surface area contributed by atoms with Gasteiger partial charge in [0.25, 0.3) is 5.78 Å². The van der Waals surface area contributed by atoms with E-state index >= 15 is 0 Å². The average molecular weight is 674 g/mol. The number of rotatable bonds is 14. The Morgan fingerprint density at radius 2 is 1.42 bits per heavy atom. The first-order chi connectivity index (χ1) is 23.0. The van der Waals surface area contributed by atoms with Crippen LogP contribution in [0.15, 0.2) is 91.0 Å². The van der Waals surface area contributed by atoms with Crippen LogP contribution in [-0.2, 0) is 41.7 Å². The van der Waals surface area contributed by atoms with Gasteiger partial charge in [-0.3, -0.25) is 14.4 Å². The smallest absolute Gasteiger partial charge is 0.408 e. The molecular weight excluding hydrogens is 630 g/mol. The minimum atomic E-state index is -1.38. The van der Waals surface area contributed by atoms with E-state index in [4.69, 9.17) is 9.47 Å². The van der Waals surface area contributed by atoms with Crippen molar-refractivity contribution in [2.24, 2.45) is 11.8 Å². The molecule has 0 bridgehead atoms. The highest BCUT2D eigenvalue weighted by Gasteiger charge is 2.44. The Morgan fingerprint density at radius 1 is 0.833 bits per heavy atom. The van der Waals surface area contributed by atoms with Crippen LogP contribution in [0.25, 0.3) is 0 Å². The van der Waals surface area contributed by atoms with Crippen LogP contribution in [0.1, 0.15) is 56.2 Å². The summed E-state index contributed by atoms with van der Waals surface area (Å²) in [6.07, 6.45) is -1.83. The van der Waals surface area contributed by atoms with E-state index in [2.05, 4.69) is 10.6 Å². The molecule has 0 aromatic heterocycles. The van der Waals surface area contributed by atoms with Crippen molar-refractivity contribution >= 4 is 41.4 Å². The van der Waals surface area contributed by atoms with Crippen LogP contribution in [0.3, 0.4) is 0 Å². The molecule has 254 valence electrons. The van der Waals surface area contributed by atoms with Crippen molar-refractivity contribution in [3.63, 3.8) is 0 Å². The highest BCUT2D eigenvalue weighted by Crippen LogP contribution is 2.41. The molecule has 0 radical (unpaired) electrons. The lowest BCUT2D eigenvalue weighted by molar-refractivity contribution is -0.160. The van der Waals surface area contributed by atoms with E-state index in [-0.39, 0.29) is 18.9 Å². The Bertz CT molecular complexity index is 1540. The van der Waals surface area contributed by atoms with Gasteiger partial charge in [-0.25, -0.2) is 9.59 Å². The fraction of sp³-hybridized carbons (Fsp3) is 0.378. The molecule has 0 saturated carbocycles. The summed E-state index contributed by atoms with van der Waals surface area (Å²) in [5.74, 6) is -4.19. The lowest BCUT2D eigenvalue weighted by atomic mass is 9.94. The van der Waals surface area contributed by atoms with Gasteiger partial charge < -0.3 is 25.0 Å². The van der Waals surface area contributed by atoms with E-state index in [1.807, 2.05) is 80.6 Å². The number of nitrogens with one attached hydrogen (secondary N) is 2. The Kier molecular flexibility index (Phi) is 13.2. The van der Waals surface area contributed by atoms with Crippen LogP contribution in [0.5, 0.6) is 0 Å². The van der Waals surface area contributed by atoms with Gasteiger partial charge in [0.1, 0.15) is 30.1 Å². The van der Waals surface area contributed by atoms with Gasteiger partial charge in [0.2, 0.25) is 11.8 Å². The molecule has 1 saturated heterocycles. The van der Waals surface area contributed by atoms with Crippen LogP contribution < -0.4 is 10.6 Å². The maximum absolute atomic E-state index is 14.4. The standard InChI is InChI=1S/C37H43N3O7S/c1-24(2)20-30(38-37(45)46-22-27-16-10-6-11-17-27)34(43)40-31(23-48-35(40)28-18-12-7-13-19-28)39-33(42)29(21-26-14-8-5-9-15-26)32(41)36(44)47-25(3)4/h5-19,24-25,29-31,35H,20-23H2,1-4H3,(H,38,45)(H,39,42)/t29-,30-,31+,35+/m0/s1. The summed E-state index contributed by atoms with van der Waals surface area (Å²) in [5.41, 5.74) is 2.33. The van der Waals surface area contributed by atoms with Gasteiger partial charge in [0, 0.05) is 5.75 Å². The zero-order valence-corrected chi connectivity index (χ0v) is 28.5. The van der Waals surface area contributed by atoms with Crippen LogP contribution in [0.2, 0.25) is 0 Å². The molecule has 4 atom stereocenters. The Balaban J connectivity index is 1.60. The number of amides is 3. The summed E-state index contributed by atoms with van der Waals surface area (Å²) in [4.78, 5) is 68.9. The van der Waals surface area contributed by atoms with Crippen LogP contribution in [0, 0.1) is 11.8 Å². The fourth-order valence-corrected chi connectivity index (χ4v) is 6.74. The molecule has 1 aliphatic heterocycles. The molecule has 3 aromatic carbocycles. The maximum atomic E-state index is 14.4. The van der Waals surface area contributed by atoms with E-state index < -0.39 is 59.3 Å². The summed E-state index contributed by atoms with van der Waals surface area (Å²) in [6, 6.07) is 26.6. The highest BCUT2D eigenvalue weighted by atomic mass is 32.2. The predicted octanol–water partition coefficient (Wildman–Crippen LogP) is 5.42. The van der Waals surface area contributed by atoms with Crippen LogP contribution >= 0.6 is 11.8 Å². The Hall–Kier alpha value is -4.64. The third-order valence-electron chi connectivity index (χ3n) is 7.62. The second-order valence-corrected chi connectivity index (χ2v) is 13.4. The van der Waals surface area contributed by atoms with E-state index in [0.29, 0.717) is 17.7 Å². The van der Waals surface area contributed by atoms with E-state index in [0.717, 1.165) is 11.1 Å². The molecule has 0 aliphatic carbocycles. The third-order valence-corrected chi connectivity index (χ3v) is 8.94. The summed E-state index contributed by atoms with van der Waals surface area (Å²) in [7, 11) is 0. The number of carbonyl (C=O) groups excluding carboxylic acids is 5. The van der Waals surface area contributed by atoms with Crippen LogP contribution in [-0.4, -0.2) is 58.6 Å². The molecule has 1 heterocycles. The van der Waals surface area contributed by atoms with E-state index in [1.165, 1.54) is 11.8 Å². The molecule has 2 N–H and O–H groups in total. The first kappa shape index (κ1) is 36.2. The number of alkyl carbamates (subject to hydrolysis) is 1. The lowest BCUT2D eigenvalue weighted by Gasteiger charge is -2.34. The second kappa shape index (κ2) is 17.5. The number of thioether (sulfide) groups is 1. The number of ketones is 1. The van der Waals surface area contributed by atoms with Crippen molar-refractivity contribution in [1.82, 2.24) is 15.5 Å². The first-order valence-electron chi connectivity index (χ1n) is 16.1. The molecule has 0 spiro atoms. The fourth-order valence-electron chi connectivity index (χ4n) is 5.37. The monoisotopic (exact) mass is 673 g/mol. The lowest BCUT2D eigenvalue weighted by Crippen LogP contribution is -2.57. The van der Waals surface area contributed by atoms with E-state index in [1.54, 1.807) is 43.0 Å². The molecule has 4 rings (SSSR count). The largest absolute Gasteiger partial charge is 0.457 e. The molecular formula is C37H43N3O7S. The number of esters is 1. The molecule has 0 unspecified atom stereocenters. The summed E-state index contributed by atoms with van der Waals surface area (Å²) in [6.45, 7) is 7.18. The van der Waals surface area contributed by atoms with Gasteiger partial charge in [-0.1, -0.05) is 105 Å². The van der Waals surface area contributed by atoms with Gasteiger partial charge in [-0.05, 0) is 49.3 Å². The van der Waals surface area contributed by atoms with Crippen molar-refractivity contribution < 1.29 is 33.4 Å². The van der Waals surface area contributed by atoms with Crippen molar-refractivity contribution in [3.05, 3.63) is 108 Å². The van der Waals surface area contributed by atoms with E-state index in [9.17, 15) is 24.0 Å². The molecule has 11 heteroatoms. The van der Waals surface area contributed by atoms with Gasteiger partial charge >= 0.3 is 12.1 Å². The molecule has 48 heavy (non-hydrogen) atoms. The Labute approximate surface area is 285 Å². The maximum Gasteiger partial charge on any atom is 0.408 e. The molecule has 3 amide bonds. The summed E-state index contributed by atoms with van der Waals surface area (Å²) < 4.78 is 10.6. The minimum absolute atomic E-state index is 0.0284. The summed E-state index contributed by atoms with van der Waals surface area (Å²) in [5, 5.41) is 5.17. The molecule has 10 nitrogen and oxygen atoms in total. The number of hydrogen-bond acceptors (Lipinski definition) is 8. The van der Waals surface area contributed by atoms with Crippen LogP contribution in [0.4, 0.5) is 4.79 Å². The van der Waals surface area contributed by atoms with Gasteiger partial charge in [0.05, 0.1) is 6.10 Å². The van der Waals surface area contributed by atoms with Gasteiger partial charge in [-0.2, -0.15) is 0 Å². The third kappa shape index (κ3) is 10.2. The Morgan fingerprint density at radius 3 is 2.00 bits per heavy atom. The van der Waals surface area contributed by atoms with Crippen molar-refractivity contribution in [1.29, 1.82) is 0 Å².